The fourth-order valence-electron chi connectivity index (χ4n) is 2.27. The zero-order chi connectivity index (χ0) is 15.7. The van der Waals surface area contributed by atoms with Crippen molar-refractivity contribution in [1.29, 1.82) is 0 Å². The Morgan fingerprint density at radius 3 is 2.38 bits per heavy atom. The standard InChI is InChI=1S/C14H15ClN2O4/c1-7-12(20-3)8(5-9(15)13(7)21-4)11-6-10(14(18)19)16-17(11)2/h5-6H,1-4H3,(H,18,19). The van der Waals surface area contributed by atoms with Crippen LogP contribution in [0.2, 0.25) is 5.02 Å². The average Bonchev–Trinajstić information content (AvgIpc) is 2.81. The van der Waals surface area contributed by atoms with Gasteiger partial charge in [0.05, 0.1) is 24.9 Å². The molecule has 2 rings (SSSR count). The maximum Gasteiger partial charge on any atom is 0.356 e. The molecule has 0 spiro atoms. The number of carboxylic acids is 1. The summed E-state index contributed by atoms with van der Waals surface area (Å²) in [6.45, 7) is 1.82. The van der Waals surface area contributed by atoms with Crippen molar-refractivity contribution < 1.29 is 19.4 Å². The predicted octanol–water partition coefficient (Wildman–Crippen LogP) is 2.76. The van der Waals surface area contributed by atoms with E-state index in [1.54, 1.807) is 13.1 Å². The molecule has 1 heterocycles. The molecule has 0 fully saturated rings. The maximum absolute atomic E-state index is 11.0. The summed E-state index contributed by atoms with van der Waals surface area (Å²) in [5.41, 5.74) is 1.94. The summed E-state index contributed by atoms with van der Waals surface area (Å²) >= 11 is 6.21. The van der Waals surface area contributed by atoms with E-state index in [1.165, 1.54) is 25.0 Å². The minimum atomic E-state index is -1.09. The lowest BCUT2D eigenvalue weighted by molar-refractivity contribution is 0.0689. The first kappa shape index (κ1) is 15.2. The molecule has 112 valence electrons. The SMILES string of the molecule is COc1c(Cl)cc(-c2cc(C(=O)O)nn2C)c(OC)c1C. The van der Waals surface area contributed by atoms with Crippen molar-refractivity contribution >= 4 is 17.6 Å². The van der Waals surface area contributed by atoms with Gasteiger partial charge in [-0.1, -0.05) is 11.6 Å². The van der Waals surface area contributed by atoms with Gasteiger partial charge >= 0.3 is 5.97 Å². The first-order valence-electron chi connectivity index (χ1n) is 6.09. The van der Waals surface area contributed by atoms with Gasteiger partial charge in [0.15, 0.2) is 5.69 Å². The number of rotatable bonds is 4. The Morgan fingerprint density at radius 1 is 1.29 bits per heavy atom. The van der Waals surface area contributed by atoms with E-state index in [4.69, 9.17) is 26.2 Å². The molecule has 2 aromatic rings. The van der Waals surface area contributed by atoms with Crippen molar-refractivity contribution in [2.75, 3.05) is 14.2 Å². The van der Waals surface area contributed by atoms with Crippen LogP contribution in [0.25, 0.3) is 11.3 Å². The van der Waals surface area contributed by atoms with Gasteiger partial charge in [-0.3, -0.25) is 4.68 Å². The van der Waals surface area contributed by atoms with Crippen molar-refractivity contribution in [3.8, 4) is 22.8 Å². The van der Waals surface area contributed by atoms with E-state index in [-0.39, 0.29) is 5.69 Å². The largest absolute Gasteiger partial charge is 0.496 e. The zero-order valence-electron chi connectivity index (χ0n) is 12.1. The van der Waals surface area contributed by atoms with Crippen LogP contribution in [0.4, 0.5) is 0 Å². The summed E-state index contributed by atoms with van der Waals surface area (Å²) in [6.07, 6.45) is 0. The van der Waals surface area contributed by atoms with E-state index in [0.717, 1.165) is 5.56 Å². The van der Waals surface area contributed by atoms with Crippen LogP contribution < -0.4 is 9.47 Å². The van der Waals surface area contributed by atoms with E-state index in [2.05, 4.69) is 5.10 Å². The summed E-state index contributed by atoms with van der Waals surface area (Å²) in [5, 5.41) is 13.4. The number of aryl methyl sites for hydroxylation is 1. The van der Waals surface area contributed by atoms with Crippen LogP contribution in [-0.2, 0) is 7.05 Å². The molecule has 0 atom stereocenters. The van der Waals surface area contributed by atoms with E-state index in [1.807, 2.05) is 6.92 Å². The minimum Gasteiger partial charge on any atom is -0.496 e. The molecule has 1 aromatic heterocycles. The van der Waals surface area contributed by atoms with Gasteiger partial charge in [-0.25, -0.2) is 4.79 Å². The Labute approximate surface area is 126 Å². The normalized spacial score (nSPS) is 10.5. The maximum atomic E-state index is 11.0. The van der Waals surface area contributed by atoms with Gasteiger partial charge in [-0.2, -0.15) is 5.10 Å². The number of benzene rings is 1. The number of ether oxygens (including phenoxy) is 2. The molecule has 0 aliphatic carbocycles. The average molecular weight is 311 g/mol. The third-order valence-corrected chi connectivity index (χ3v) is 3.48. The summed E-state index contributed by atoms with van der Waals surface area (Å²) in [4.78, 5) is 11.0. The Balaban J connectivity index is 2.72. The van der Waals surface area contributed by atoms with Crippen molar-refractivity contribution in [3.05, 3.63) is 28.4 Å². The number of hydrogen-bond acceptors (Lipinski definition) is 4. The second-order valence-electron chi connectivity index (χ2n) is 4.44. The molecule has 0 bridgehead atoms. The summed E-state index contributed by atoms with van der Waals surface area (Å²) in [7, 11) is 4.72. The first-order chi connectivity index (χ1) is 9.90. The second-order valence-corrected chi connectivity index (χ2v) is 4.85. The molecule has 6 nitrogen and oxygen atoms in total. The van der Waals surface area contributed by atoms with Gasteiger partial charge in [0.25, 0.3) is 0 Å². The van der Waals surface area contributed by atoms with Gasteiger partial charge in [-0.05, 0) is 19.1 Å². The molecular weight excluding hydrogens is 296 g/mol. The van der Waals surface area contributed by atoms with Crippen LogP contribution in [0.15, 0.2) is 12.1 Å². The number of aromatic nitrogens is 2. The van der Waals surface area contributed by atoms with E-state index >= 15 is 0 Å². The number of nitrogens with zero attached hydrogens (tertiary/aromatic N) is 2. The van der Waals surface area contributed by atoms with Gasteiger partial charge in [0, 0.05) is 18.2 Å². The van der Waals surface area contributed by atoms with Crippen molar-refractivity contribution in [2.45, 2.75) is 6.92 Å². The third-order valence-electron chi connectivity index (χ3n) is 3.20. The Morgan fingerprint density at radius 2 is 1.90 bits per heavy atom. The highest BCUT2D eigenvalue weighted by Gasteiger charge is 2.21. The van der Waals surface area contributed by atoms with Gasteiger partial charge in [-0.15, -0.1) is 0 Å². The van der Waals surface area contributed by atoms with E-state index in [9.17, 15) is 4.79 Å². The highest BCUT2D eigenvalue weighted by Crippen LogP contribution is 2.42. The topological polar surface area (TPSA) is 73.6 Å². The predicted molar refractivity (Wildman–Crippen MR) is 78.5 cm³/mol. The lowest BCUT2D eigenvalue weighted by atomic mass is 10.0. The number of aromatic carboxylic acids is 1. The molecule has 0 saturated heterocycles. The highest BCUT2D eigenvalue weighted by atomic mass is 35.5. The third kappa shape index (κ3) is 2.54. The number of carbonyl (C=O) groups is 1. The Hall–Kier alpha value is -2.21. The van der Waals surface area contributed by atoms with Crippen LogP contribution in [-0.4, -0.2) is 35.1 Å². The Bertz CT molecular complexity index is 709. The molecule has 1 N–H and O–H groups in total. The molecule has 0 radical (unpaired) electrons. The molecule has 1 aromatic carbocycles. The zero-order valence-corrected chi connectivity index (χ0v) is 12.9. The van der Waals surface area contributed by atoms with Crippen LogP contribution in [0.5, 0.6) is 11.5 Å². The highest BCUT2D eigenvalue weighted by molar-refractivity contribution is 6.32. The lowest BCUT2D eigenvalue weighted by Gasteiger charge is -2.16. The number of carboxylic acid groups (broad SMARTS) is 1. The number of methoxy groups -OCH3 is 2. The summed E-state index contributed by atoms with van der Waals surface area (Å²) in [5.74, 6) is 0.00114. The lowest BCUT2D eigenvalue weighted by Crippen LogP contribution is -2.01. The fraction of sp³-hybridized carbons (Fsp3) is 0.286. The summed E-state index contributed by atoms with van der Waals surface area (Å²) in [6, 6.07) is 3.15. The van der Waals surface area contributed by atoms with Crippen molar-refractivity contribution in [1.82, 2.24) is 9.78 Å². The number of hydrogen-bond donors (Lipinski definition) is 1. The van der Waals surface area contributed by atoms with Gasteiger partial charge < -0.3 is 14.6 Å². The molecule has 21 heavy (non-hydrogen) atoms. The smallest absolute Gasteiger partial charge is 0.356 e. The molecule has 0 amide bonds. The van der Waals surface area contributed by atoms with E-state index < -0.39 is 5.97 Å². The second kappa shape index (κ2) is 5.65. The van der Waals surface area contributed by atoms with Crippen molar-refractivity contribution in [3.63, 3.8) is 0 Å². The molecular formula is C14H15ClN2O4. The molecule has 0 aliphatic heterocycles. The van der Waals surface area contributed by atoms with Crippen LogP contribution >= 0.6 is 11.6 Å². The van der Waals surface area contributed by atoms with Gasteiger partial charge in [0.1, 0.15) is 11.5 Å². The van der Waals surface area contributed by atoms with Gasteiger partial charge in [0.2, 0.25) is 0 Å². The minimum absolute atomic E-state index is 0.0425. The van der Waals surface area contributed by atoms with Crippen LogP contribution in [0.1, 0.15) is 16.1 Å². The quantitative estimate of drug-likeness (QED) is 0.940. The van der Waals surface area contributed by atoms with Crippen LogP contribution in [0.3, 0.4) is 0 Å². The first-order valence-corrected chi connectivity index (χ1v) is 6.47. The molecule has 0 saturated carbocycles. The molecule has 0 aliphatic rings. The van der Waals surface area contributed by atoms with Crippen LogP contribution in [0, 0.1) is 6.92 Å². The monoisotopic (exact) mass is 310 g/mol. The molecule has 0 unspecified atom stereocenters. The summed E-state index contributed by atoms with van der Waals surface area (Å²) < 4.78 is 12.2. The molecule has 7 heteroatoms. The Kier molecular flexibility index (Phi) is 4.09. The number of halogens is 1. The van der Waals surface area contributed by atoms with E-state index in [0.29, 0.717) is 27.8 Å². The fourth-order valence-corrected chi connectivity index (χ4v) is 2.60. The van der Waals surface area contributed by atoms with Crippen molar-refractivity contribution in [2.24, 2.45) is 7.05 Å².